The molecule has 130 valence electrons. The molecule has 0 saturated heterocycles. The van der Waals surface area contributed by atoms with Crippen LogP contribution in [0.2, 0.25) is 0 Å². The molecule has 0 unspecified atom stereocenters. The lowest BCUT2D eigenvalue weighted by Gasteiger charge is -2.10. The summed E-state index contributed by atoms with van der Waals surface area (Å²) in [5.41, 5.74) is 2.47. The monoisotopic (exact) mass is 370 g/mol. The maximum Gasteiger partial charge on any atom is 0.198 e. The minimum absolute atomic E-state index is 0.378. The Hall–Kier alpha value is -3.50. The van der Waals surface area contributed by atoms with Crippen LogP contribution in [0.15, 0.2) is 83.2 Å². The van der Waals surface area contributed by atoms with E-state index >= 15 is 0 Å². The Bertz CT molecular complexity index is 1090. The van der Waals surface area contributed by atoms with Crippen molar-refractivity contribution < 1.29 is 0 Å². The summed E-state index contributed by atoms with van der Waals surface area (Å²) in [6.45, 7) is 0.631. The van der Waals surface area contributed by atoms with Crippen LogP contribution in [0, 0.1) is 11.3 Å². The fourth-order valence-electron chi connectivity index (χ4n) is 2.61. The standard InChI is InChI=1S/C20H14N6S/c21-13-17-7-4-8-18(23-17)27-20-25-24-19(16-9-11-22-12-10-16)26(20)14-15-5-2-1-3-6-15/h1-12H,14H2. The van der Waals surface area contributed by atoms with Crippen molar-refractivity contribution in [2.24, 2.45) is 0 Å². The van der Waals surface area contributed by atoms with Gasteiger partial charge in [0.2, 0.25) is 0 Å². The molecule has 0 atom stereocenters. The van der Waals surface area contributed by atoms with Gasteiger partial charge in [0.25, 0.3) is 0 Å². The maximum absolute atomic E-state index is 9.07. The normalized spacial score (nSPS) is 10.5. The van der Waals surface area contributed by atoms with E-state index in [4.69, 9.17) is 5.26 Å². The van der Waals surface area contributed by atoms with Crippen LogP contribution in [0.4, 0.5) is 0 Å². The summed E-state index contributed by atoms with van der Waals surface area (Å²) < 4.78 is 2.05. The first-order valence-corrected chi connectivity index (χ1v) is 9.07. The van der Waals surface area contributed by atoms with Crippen LogP contribution in [0.25, 0.3) is 11.4 Å². The second-order valence-electron chi connectivity index (χ2n) is 5.69. The van der Waals surface area contributed by atoms with Crippen LogP contribution in [-0.4, -0.2) is 24.7 Å². The van der Waals surface area contributed by atoms with Gasteiger partial charge in [0.15, 0.2) is 11.0 Å². The van der Waals surface area contributed by atoms with E-state index in [0.29, 0.717) is 22.4 Å². The van der Waals surface area contributed by atoms with E-state index in [0.717, 1.165) is 17.0 Å². The number of rotatable bonds is 5. The van der Waals surface area contributed by atoms with Crippen LogP contribution in [0.5, 0.6) is 0 Å². The Kier molecular flexibility index (Phi) is 4.90. The van der Waals surface area contributed by atoms with Gasteiger partial charge in [0.05, 0.1) is 6.54 Å². The Labute approximate surface area is 160 Å². The van der Waals surface area contributed by atoms with Crippen molar-refractivity contribution in [3.05, 3.63) is 84.3 Å². The lowest BCUT2D eigenvalue weighted by molar-refractivity contribution is 0.714. The molecule has 6 nitrogen and oxygen atoms in total. The number of aromatic nitrogens is 5. The van der Waals surface area contributed by atoms with E-state index in [1.807, 2.05) is 42.5 Å². The number of hydrogen-bond donors (Lipinski definition) is 0. The molecule has 0 spiro atoms. The Balaban J connectivity index is 1.74. The van der Waals surface area contributed by atoms with Crippen LogP contribution in [0.3, 0.4) is 0 Å². The third-order valence-electron chi connectivity index (χ3n) is 3.87. The van der Waals surface area contributed by atoms with Crippen LogP contribution >= 0.6 is 11.8 Å². The quantitative estimate of drug-likeness (QED) is 0.531. The molecule has 7 heteroatoms. The number of nitriles is 1. The molecule has 0 N–H and O–H groups in total. The highest BCUT2D eigenvalue weighted by Crippen LogP contribution is 2.29. The van der Waals surface area contributed by atoms with Crippen molar-refractivity contribution in [2.45, 2.75) is 16.7 Å². The maximum atomic E-state index is 9.07. The molecular weight excluding hydrogens is 356 g/mol. The van der Waals surface area contributed by atoms with E-state index in [1.54, 1.807) is 18.5 Å². The molecule has 4 aromatic rings. The lowest BCUT2D eigenvalue weighted by atomic mass is 10.2. The van der Waals surface area contributed by atoms with Gasteiger partial charge in [0.1, 0.15) is 16.8 Å². The molecule has 0 aliphatic heterocycles. The minimum atomic E-state index is 0.378. The zero-order valence-electron chi connectivity index (χ0n) is 14.2. The van der Waals surface area contributed by atoms with E-state index in [9.17, 15) is 0 Å². The van der Waals surface area contributed by atoms with Crippen molar-refractivity contribution in [2.75, 3.05) is 0 Å². The summed E-state index contributed by atoms with van der Waals surface area (Å²) in [7, 11) is 0. The third kappa shape index (κ3) is 3.86. The molecule has 3 heterocycles. The van der Waals surface area contributed by atoms with Gasteiger partial charge in [-0.1, -0.05) is 36.4 Å². The van der Waals surface area contributed by atoms with Gasteiger partial charge in [-0.2, -0.15) is 5.26 Å². The number of pyridine rings is 2. The first-order chi connectivity index (χ1) is 13.3. The Morgan fingerprint density at radius 2 is 1.74 bits per heavy atom. The summed E-state index contributed by atoms with van der Waals surface area (Å²) in [4.78, 5) is 8.40. The highest BCUT2D eigenvalue weighted by atomic mass is 32.2. The number of benzene rings is 1. The predicted molar refractivity (Wildman–Crippen MR) is 102 cm³/mol. The average Bonchev–Trinajstić information content (AvgIpc) is 3.11. The Morgan fingerprint density at radius 1 is 0.926 bits per heavy atom. The van der Waals surface area contributed by atoms with Crippen molar-refractivity contribution in [3.8, 4) is 17.5 Å². The number of nitrogens with zero attached hydrogens (tertiary/aromatic N) is 6. The minimum Gasteiger partial charge on any atom is -0.297 e. The highest BCUT2D eigenvalue weighted by Gasteiger charge is 2.16. The molecule has 0 bridgehead atoms. The summed E-state index contributed by atoms with van der Waals surface area (Å²) in [6.07, 6.45) is 3.48. The summed E-state index contributed by atoms with van der Waals surface area (Å²) in [6, 6.07) is 21.4. The lowest BCUT2D eigenvalue weighted by Crippen LogP contribution is -2.04. The van der Waals surface area contributed by atoms with Gasteiger partial charge in [-0.25, -0.2) is 4.98 Å². The topological polar surface area (TPSA) is 80.3 Å². The zero-order chi connectivity index (χ0) is 18.5. The van der Waals surface area contributed by atoms with E-state index in [2.05, 4.69) is 42.9 Å². The summed E-state index contributed by atoms with van der Waals surface area (Å²) in [5, 5.41) is 19.3. The molecule has 4 rings (SSSR count). The largest absolute Gasteiger partial charge is 0.297 e. The van der Waals surface area contributed by atoms with Crippen LogP contribution in [-0.2, 0) is 6.54 Å². The fourth-order valence-corrected chi connectivity index (χ4v) is 3.44. The van der Waals surface area contributed by atoms with Crippen LogP contribution in [0.1, 0.15) is 11.3 Å². The predicted octanol–water partition coefficient (Wildman–Crippen LogP) is 3.81. The fraction of sp³-hybridized carbons (Fsp3) is 0.0500. The van der Waals surface area contributed by atoms with Crippen LogP contribution < -0.4 is 0 Å². The average molecular weight is 370 g/mol. The molecule has 3 aromatic heterocycles. The van der Waals surface area contributed by atoms with Crippen molar-refractivity contribution in [1.82, 2.24) is 24.7 Å². The first kappa shape index (κ1) is 16.9. The van der Waals surface area contributed by atoms with Crippen molar-refractivity contribution in [3.63, 3.8) is 0 Å². The van der Waals surface area contributed by atoms with Gasteiger partial charge in [-0.3, -0.25) is 9.55 Å². The molecular formula is C20H14N6S. The molecule has 0 saturated carbocycles. The molecule has 27 heavy (non-hydrogen) atoms. The molecule has 0 aliphatic carbocycles. The molecule has 0 amide bonds. The van der Waals surface area contributed by atoms with Gasteiger partial charge < -0.3 is 0 Å². The SMILES string of the molecule is N#Cc1cccc(Sc2nnc(-c3ccncc3)n2Cc2ccccc2)n1. The molecule has 0 radical (unpaired) electrons. The first-order valence-electron chi connectivity index (χ1n) is 8.26. The second kappa shape index (κ2) is 7.81. The van der Waals surface area contributed by atoms with Crippen molar-refractivity contribution in [1.29, 1.82) is 5.26 Å². The van der Waals surface area contributed by atoms with E-state index < -0.39 is 0 Å². The zero-order valence-corrected chi connectivity index (χ0v) is 15.0. The van der Waals surface area contributed by atoms with Crippen molar-refractivity contribution >= 4 is 11.8 Å². The summed E-state index contributed by atoms with van der Waals surface area (Å²) >= 11 is 1.39. The third-order valence-corrected chi connectivity index (χ3v) is 4.79. The van der Waals surface area contributed by atoms with Gasteiger partial charge in [-0.15, -0.1) is 10.2 Å². The smallest absolute Gasteiger partial charge is 0.198 e. The van der Waals surface area contributed by atoms with Gasteiger partial charge in [-0.05, 0) is 41.6 Å². The van der Waals surface area contributed by atoms with Gasteiger partial charge in [0, 0.05) is 18.0 Å². The molecule has 0 fully saturated rings. The van der Waals surface area contributed by atoms with E-state index in [-0.39, 0.29) is 0 Å². The molecule has 1 aromatic carbocycles. The molecule has 0 aliphatic rings. The summed E-state index contributed by atoms with van der Waals surface area (Å²) in [5.74, 6) is 0.764. The van der Waals surface area contributed by atoms with E-state index in [1.165, 1.54) is 11.8 Å². The number of hydrogen-bond acceptors (Lipinski definition) is 6. The Morgan fingerprint density at radius 3 is 2.52 bits per heavy atom. The van der Waals surface area contributed by atoms with Gasteiger partial charge >= 0.3 is 0 Å². The second-order valence-corrected chi connectivity index (χ2v) is 6.68. The highest BCUT2D eigenvalue weighted by molar-refractivity contribution is 7.99.